The lowest BCUT2D eigenvalue weighted by molar-refractivity contribution is 0.0467. The van der Waals surface area contributed by atoms with Gasteiger partial charge in [-0.3, -0.25) is 9.20 Å². The highest BCUT2D eigenvalue weighted by Gasteiger charge is 2.28. The fourth-order valence-electron chi connectivity index (χ4n) is 2.81. The van der Waals surface area contributed by atoms with E-state index < -0.39 is 16.0 Å². The average Bonchev–Trinajstić information content (AvgIpc) is 3.50. The van der Waals surface area contributed by atoms with Crippen LogP contribution < -0.4 is 10.3 Å². The third kappa shape index (κ3) is 4.36. The molecule has 0 saturated heterocycles. The fourth-order valence-corrected chi connectivity index (χ4v) is 4.12. The van der Waals surface area contributed by atoms with Crippen molar-refractivity contribution in [2.24, 2.45) is 0 Å². The lowest BCUT2D eigenvalue weighted by Gasteiger charge is -2.08. The number of nitrogens with one attached hydrogen (secondary N) is 1. The van der Waals surface area contributed by atoms with Gasteiger partial charge >= 0.3 is 5.97 Å². The SMILES string of the molecule is Cc1ccc2nc(COC(=O)c3ccc(S(=O)(=O)NC4CC4)cc3)cc(=O)n2c1. The first-order valence-corrected chi connectivity index (χ1v) is 10.6. The largest absolute Gasteiger partial charge is 0.456 e. The second kappa shape index (κ2) is 7.41. The summed E-state index contributed by atoms with van der Waals surface area (Å²) in [5, 5.41) is 0. The molecule has 0 spiro atoms. The normalized spacial score (nSPS) is 14.1. The van der Waals surface area contributed by atoms with Gasteiger partial charge in [0.15, 0.2) is 0 Å². The molecule has 0 atom stereocenters. The molecule has 1 N–H and O–H groups in total. The van der Waals surface area contributed by atoms with E-state index in [-0.39, 0.29) is 28.7 Å². The molecule has 0 amide bonds. The number of pyridine rings is 1. The van der Waals surface area contributed by atoms with Gasteiger partial charge in [0.25, 0.3) is 5.56 Å². The van der Waals surface area contributed by atoms with E-state index in [9.17, 15) is 18.0 Å². The van der Waals surface area contributed by atoms with Gasteiger partial charge in [-0.15, -0.1) is 0 Å². The second-order valence-corrected chi connectivity index (χ2v) is 8.73. The van der Waals surface area contributed by atoms with Gasteiger partial charge in [-0.05, 0) is 55.7 Å². The minimum Gasteiger partial charge on any atom is -0.456 e. The summed E-state index contributed by atoms with van der Waals surface area (Å²) in [5.74, 6) is -0.630. The first-order chi connectivity index (χ1) is 13.8. The Bertz CT molecular complexity index is 1250. The number of benzene rings is 1. The number of carbonyl (C=O) groups excluding carboxylic acids is 1. The quantitative estimate of drug-likeness (QED) is 0.618. The molecular formula is C20H19N3O5S. The van der Waals surface area contributed by atoms with E-state index in [1.807, 2.05) is 13.0 Å². The van der Waals surface area contributed by atoms with Crippen molar-refractivity contribution in [1.29, 1.82) is 0 Å². The zero-order valence-electron chi connectivity index (χ0n) is 15.7. The molecule has 2 heterocycles. The van der Waals surface area contributed by atoms with Crippen molar-refractivity contribution in [1.82, 2.24) is 14.1 Å². The first-order valence-electron chi connectivity index (χ1n) is 9.10. The van der Waals surface area contributed by atoms with Crippen molar-refractivity contribution >= 4 is 21.6 Å². The van der Waals surface area contributed by atoms with Crippen LogP contribution in [0.1, 0.15) is 34.5 Å². The summed E-state index contributed by atoms with van der Waals surface area (Å²) in [6, 6.07) is 10.4. The van der Waals surface area contributed by atoms with E-state index in [1.165, 1.54) is 34.7 Å². The van der Waals surface area contributed by atoms with Crippen LogP contribution >= 0.6 is 0 Å². The zero-order chi connectivity index (χ0) is 20.6. The number of carbonyl (C=O) groups is 1. The Hall–Kier alpha value is -3.04. The Morgan fingerprint density at radius 2 is 1.93 bits per heavy atom. The summed E-state index contributed by atoms with van der Waals surface area (Å²) in [6.07, 6.45) is 3.37. The number of sulfonamides is 1. The maximum Gasteiger partial charge on any atom is 0.338 e. The highest BCUT2D eigenvalue weighted by molar-refractivity contribution is 7.89. The first kappa shape index (κ1) is 19.3. The summed E-state index contributed by atoms with van der Waals surface area (Å²) in [6.45, 7) is 1.71. The van der Waals surface area contributed by atoms with Crippen LogP contribution in [0.2, 0.25) is 0 Å². The van der Waals surface area contributed by atoms with Gasteiger partial charge in [-0.1, -0.05) is 6.07 Å². The molecule has 0 bridgehead atoms. The van der Waals surface area contributed by atoms with Crippen molar-refractivity contribution in [3.8, 4) is 0 Å². The van der Waals surface area contributed by atoms with E-state index >= 15 is 0 Å². The van der Waals surface area contributed by atoms with E-state index in [4.69, 9.17) is 4.74 Å². The molecule has 2 aromatic heterocycles. The van der Waals surface area contributed by atoms with E-state index in [2.05, 4.69) is 9.71 Å². The van der Waals surface area contributed by atoms with Crippen LogP contribution in [0.3, 0.4) is 0 Å². The van der Waals surface area contributed by atoms with Crippen LogP contribution in [0, 0.1) is 6.92 Å². The summed E-state index contributed by atoms with van der Waals surface area (Å²) in [7, 11) is -3.57. The number of hydrogen-bond acceptors (Lipinski definition) is 6. The molecule has 1 aliphatic rings. The highest BCUT2D eigenvalue weighted by Crippen LogP contribution is 2.22. The Labute approximate surface area is 167 Å². The molecule has 0 aliphatic heterocycles. The summed E-state index contributed by atoms with van der Waals surface area (Å²) < 4.78 is 33.6. The highest BCUT2D eigenvalue weighted by atomic mass is 32.2. The molecule has 29 heavy (non-hydrogen) atoms. The molecule has 150 valence electrons. The van der Waals surface area contributed by atoms with Crippen LogP contribution in [0.4, 0.5) is 0 Å². The lowest BCUT2D eigenvalue weighted by Crippen LogP contribution is -2.25. The van der Waals surface area contributed by atoms with Crippen LogP contribution in [0.25, 0.3) is 5.65 Å². The van der Waals surface area contributed by atoms with Crippen LogP contribution in [-0.4, -0.2) is 29.8 Å². The number of esters is 1. The third-order valence-electron chi connectivity index (χ3n) is 4.51. The number of hydrogen-bond donors (Lipinski definition) is 1. The van der Waals surface area contributed by atoms with Crippen molar-refractivity contribution < 1.29 is 17.9 Å². The molecule has 0 radical (unpaired) electrons. The lowest BCUT2D eigenvalue weighted by atomic mass is 10.2. The van der Waals surface area contributed by atoms with Crippen LogP contribution in [0.15, 0.2) is 58.4 Å². The predicted molar refractivity (Wildman–Crippen MR) is 105 cm³/mol. The number of ether oxygens (including phenoxy) is 1. The molecule has 4 rings (SSSR count). The predicted octanol–water partition coefficient (Wildman–Crippen LogP) is 1.80. The molecule has 1 aromatic carbocycles. The van der Waals surface area contributed by atoms with Gasteiger partial charge < -0.3 is 4.74 Å². The molecule has 1 fully saturated rings. The number of rotatable bonds is 6. The topological polar surface area (TPSA) is 107 Å². The number of nitrogens with zero attached hydrogens (tertiary/aromatic N) is 2. The van der Waals surface area contributed by atoms with Crippen LogP contribution in [-0.2, 0) is 21.4 Å². The minimum atomic E-state index is -3.57. The molecule has 1 aliphatic carbocycles. The molecule has 8 nitrogen and oxygen atoms in total. The standard InChI is InChI=1S/C20H19N3O5S/c1-13-2-9-18-21-16(10-19(24)23(18)11-13)12-28-20(25)14-3-7-17(8-4-14)29(26,27)22-15-5-6-15/h2-4,7-11,15,22H,5-6,12H2,1H3. The summed E-state index contributed by atoms with van der Waals surface area (Å²) in [5.41, 5.74) is 1.68. The van der Waals surface area contributed by atoms with Crippen LogP contribution in [0.5, 0.6) is 0 Å². The molecular weight excluding hydrogens is 394 g/mol. The molecule has 1 saturated carbocycles. The molecule has 0 unspecified atom stereocenters. The van der Waals surface area contributed by atoms with Gasteiger partial charge in [0, 0.05) is 18.3 Å². The Balaban J connectivity index is 1.45. The maximum absolute atomic E-state index is 12.3. The van der Waals surface area contributed by atoms with Crippen molar-refractivity contribution in [2.75, 3.05) is 0 Å². The molecule has 9 heteroatoms. The van der Waals surface area contributed by atoms with E-state index in [0.717, 1.165) is 18.4 Å². The second-order valence-electron chi connectivity index (χ2n) is 7.02. The van der Waals surface area contributed by atoms with Gasteiger partial charge in [0.1, 0.15) is 12.3 Å². The third-order valence-corrected chi connectivity index (χ3v) is 6.05. The van der Waals surface area contributed by atoms with Gasteiger partial charge in [-0.25, -0.2) is 22.9 Å². The number of aryl methyl sites for hydroxylation is 1. The van der Waals surface area contributed by atoms with Gasteiger partial charge in [0.2, 0.25) is 10.0 Å². The number of aromatic nitrogens is 2. The van der Waals surface area contributed by atoms with Crippen molar-refractivity contribution in [3.05, 3.63) is 75.8 Å². The smallest absolute Gasteiger partial charge is 0.338 e. The Morgan fingerprint density at radius 3 is 2.62 bits per heavy atom. The molecule has 3 aromatic rings. The monoisotopic (exact) mass is 413 g/mol. The Kier molecular flexibility index (Phi) is 4.93. The zero-order valence-corrected chi connectivity index (χ0v) is 16.5. The van der Waals surface area contributed by atoms with Crippen molar-refractivity contribution in [2.45, 2.75) is 37.3 Å². The Morgan fingerprint density at radius 1 is 1.21 bits per heavy atom. The minimum absolute atomic E-state index is 0.00655. The van der Waals surface area contributed by atoms with E-state index in [0.29, 0.717) is 11.3 Å². The number of fused-ring (bicyclic) bond motifs is 1. The van der Waals surface area contributed by atoms with E-state index in [1.54, 1.807) is 12.3 Å². The summed E-state index contributed by atoms with van der Waals surface area (Å²) in [4.78, 5) is 28.9. The van der Waals surface area contributed by atoms with Crippen molar-refractivity contribution in [3.63, 3.8) is 0 Å². The fraction of sp³-hybridized carbons (Fsp3) is 0.250. The van der Waals surface area contributed by atoms with Gasteiger partial charge in [0.05, 0.1) is 16.2 Å². The average molecular weight is 413 g/mol. The van der Waals surface area contributed by atoms with Gasteiger partial charge in [-0.2, -0.15) is 0 Å². The summed E-state index contributed by atoms with van der Waals surface area (Å²) >= 11 is 0. The maximum atomic E-state index is 12.3.